The molecule has 5 aromatic carbocycles. The highest BCUT2D eigenvalue weighted by Crippen LogP contribution is 2.39. The zero-order valence-electron chi connectivity index (χ0n) is 26.7. The molecular formula is C40H41N2Si+. The van der Waals surface area contributed by atoms with Crippen LogP contribution < -0.4 is 9.75 Å². The van der Waals surface area contributed by atoms with Crippen molar-refractivity contribution in [2.24, 2.45) is 7.05 Å². The average Bonchev–Trinajstić information content (AvgIpc) is 3.30. The summed E-state index contributed by atoms with van der Waals surface area (Å²) in [5.74, 6) is 0. The Kier molecular flexibility index (Phi) is 6.20. The summed E-state index contributed by atoms with van der Waals surface area (Å²) < 4.78 is 4.77. The maximum Gasteiger partial charge on any atom is 0.220 e. The number of rotatable bonds is 3. The Balaban J connectivity index is 1.50. The van der Waals surface area contributed by atoms with Crippen molar-refractivity contribution in [3.05, 3.63) is 114 Å². The van der Waals surface area contributed by atoms with Gasteiger partial charge in [0.25, 0.3) is 0 Å². The highest BCUT2D eigenvalue weighted by Gasteiger charge is 2.25. The molecule has 7 aromatic rings. The third kappa shape index (κ3) is 4.41. The smallest absolute Gasteiger partial charge is 0.220 e. The van der Waals surface area contributed by atoms with Crippen molar-refractivity contribution in [2.45, 2.75) is 52.8 Å². The molecule has 0 aliphatic carbocycles. The monoisotopic (exact) mass is 577 g/mol. The molecular weight excluding hydrogens is 537 g/mol. The first-order valence-electron chi connectivity index (χ1n) is 15.4. The second-order valence-corrected chi connectivity index (χ2v) is 19.4. The summed E-state index contributed by atoms with van der Waals surface area (Å²) in [6, 6.07) is 36.6. The highest BCUT2D eigenvalue weighted by molar-refractivity contribution is 6.88. The normalized spacial score (nSPS) is 12.7. The number of hydrogen-bond donors (Lipinski definition) is 0. The van der Waals surface area contributed by atoms with Crippen LogP contribution in [0.4, 0.5) is 0 Å². The van der Waals surface area contributed by atoms with Crippen molar-refractivity contribution < 1.29 is 4.57 Å². The van der Waals surface area contributed by atoms with Crippen LogP contribution in [0.3, 0.4) is 0 Å². The molecule has 0 saturated heterocycles. The number of para-hydroxylation sites is 1. The van der Waals surface area contributed by atoms with E-state index in [9.17, 15) is 0 Å². The molecule has 0 atom stereocenters. The van der Waals surface area contributed by atoms with Gasteiger partial charge >= 0.3 is 0 Å². The fraction of sp³-hybridized carbons (Fsp3) is 0.225. The molecule has 0 aliphatic heterocycles. The SMILES string of the molecule is Cc1c(-c2c3ccc(-n4c5ccccc5c5ccc([Si](C)(C)C)cc54)cc3cc[n+]2C)cc(C(C)(C)C)c2ccccc12. The summed E-state index contributed by atoms with van der Waals surface area (Å²) in [4.78, 5) is 0. The van der Waals surface area contributed by atoms with E-state index in [-0.39, 0.29) is 5.41 Å². The van der Waals surface area contributed by atoms with Crippen LogP contribution in [0, 0.1) is 6.92 Å². The van der Waals surface area contributed by atoms with E-state index in [1.807, 2.05) is 0 Å². The van der Waals surface area contributed by atoms with Gasteiger partial charge in [0.2, 0.25) is 5.69 Å². The maximum absolute atomic E-state index is 2.47. The maximum atomic E-state index is 2.47. The van der Waals surface area contributed by atoms with Gasteiger partial charge in [0, 0.05) is 22.5 Å². The molecule has 0 radical (unpaired) electrons. The minimum absolute atomic E-state index is 0.0314. The van der Waals surface area contributed by atoms with Crippen LogP contribution in [0.25, 0.3) is 60.3 Å². The van der Waals surface area contributed by atoms with Crippen molar-refractivity contribution in [2.75, 3.05) is 0 Å². The third-order valence-corrected chi connectivity index (χ3v) is 11.3. The molecule has 2 heterocycles. The van der Waals surface area contributed by atoms with Crippen LogP contribution in [0.2, 0.25) is 19.6 Å². The van der Waals surface area contributed by atoms with Gasteiger partial charge in [-0.1, -0.05) is 100 Å². The fourth-order valence-electron chi connectivity index (χ4n) is 6.94. The number of benzene rings is 5. The number of aromatic nitrogens is 2. The Morgan fingerprint density at radius 2 is 1.30 bits per heavy atom. The van der Waals surface area contributed by atoms with Crippen LogP contribution in [0.5, 0.6) is 0 Å². The molecule has 0 amide bonds. The number of fused-ring (bicyclic) bond motifs is 5. The summed E-state index contributed by atoms with van der Waals surface area (Å²) in [6.45, 7) is 16.5. The standard InChI is InChI=1S/C40H41N2Si/c1-26-30-13-9-10-14-32(30)36(40(2,3)4)25-35(26)39-31-19-17-28(23-27(31)21-22-41(39)5)42-37-16-12-11-15-33(37)34-20-18-29(24-38(34)42)43(6,7)8/h9-25H,1-8H3/q+1. The predicted octanol–water partition coefficient (Wildman–Crippen LogP) is 9.73. The summed E-state index contributed by atoms with van der Waals surface area (Å²) >= 11 is 0. The quantitative estimate of drug-likeness (QED) is 0.146. The summed E-state index contributed by atoms with van der Waals surface area (Å²) in [5, 5.41) is 9.33. The van der Waals surface area contributed by atoms with E-state index in [0.717, 1.165) is 0 Å². The zero-order chi connectivity index (χ0) is 30.3. The zero-order valence-corrected chi connectivity index (χ0v) is 27.7. The number of nitrogens with zero attached hydrogens (tertiary/aromatic N) is 2. The third-order valence-electron chi connectivity index (χ3n) is 9.30. The first-order chi connectivity index (χ1) is 20.4. The van der Waals surface area contributed by atoms with Gasteiger partial charge in [-0.05, 0) is 76.0 Å². The van der Waals surface area contributed by atoms with E-state index >= 15 is 0 Å². The van der Waals surface area contributed by atoms with Crippen molar-refractivity contribution >= 4 is 56.6 Å². The molecule has 214 valence electrons. The Hall–Kier alpha value is -4.21. The minimum Gasteiger partial charge on any atom is -0.309 e. The highest BCUT2D eigenvalue weighted by atomic mass is 28.3. The summed E-state index contributed by atoms with van der Waals surface area (Å²) in [7, 11) is 0.702. The molecule has 2 aromatic heterocycles. The van der Waals surface area contributed by atoms with E-state index in [1.165, 1.54) is 76.6 Å². The first kappa shape index (κ1) is 27.6. The Morgan fingerprint density at radius 1 is 0.651 bits per heavy atom. The molecule has 43 heavy (non-hydrogen) atoms. The van der Waals surface area contributed by atoms with E-state index in [1.54, 1.807) is 0 Å². The number of hydrogen-bond acceptors (Lipinski definition) is 0. The van der Waals surface area contributed by atoms with Gasteiger partial charge in [0.1, 0.15) is 7.05 Å². The van der Waals surface area contributed by atoms with Gasteiger partial charge in [-0.15, -0.1) is 0 Å². The van der Waals surface area contributed by atoms with Crippen LogP contribution in [-0.2, 0) is 12.5 Å². The summed E-state index contributed by atoms with van der Waals surface area (Å²) in [5.41, 5.74) is 9.08. The van der Waals surface area contributed by atoms with Crippen molar-refractivity contribution in [3.63, 3.8) is 0 Å². The van der Waals surface area contributed by atoms with E-state index in [2.05, 4.69) is 167 Å². The molecule has 0 saturated carbocycles. The fourth-order valence-corrected chi connectivity index (χ4v) is 8.09. The predicted molar refractivity (Wildman–Crippen MR) is 189 cm³/mol. The van der Waals surface area contributed by atoms with Gasteiger partial charge in [-0.3, -0.25) is 0 Å². The molecule has 0 fully saturated rings. The summed E-state index contributed by atoms with van der Waals surface area (Å²) in [6.07, 6.45) is 2.22. The second-order valence-electron chi connectivity index (χ2n) is 14.3. The topological polar surface area (TPSA) is 8.81 Å². The molecule has 2 nitrogen and oxygen atoms in total. The van der Waals surface area contributed by atoms with Crippen molar-refractivity contribution in [3.8, 4) is 16.9 Å². The number of aryl methyl sites for hydroxylation is 2. The molecule has 0 spiro atoms. The van der Waals surface area contributed by atoms with Crippen LogP contribution >= 0.6 is 0 Å². The first-order valence-corrected chi connectivity index (χ1v) is 18.9. The van der Waals surface area contributed by atoms with Gasteiger partial charge in [-0.25, -0.2) is 4.57 Å². The van der Waals surface area contributed by atoms with Gasteiger partial charge < -0.3 is 4.57 Å². The average molecular weight is 578 g/mol. The number of pyridine rings is 1. The lowest BCUT2D eigenvalue weighted by molar-refractivity contribution is -0.659. The second kappa shape index (κ2) is 9.65. The largest absolute Gasteiger partial charge is 0.309 e. The van der Waals surface area contributed by atoms with Crippen molar-refractivity contribution in [1.82, 2.24) is 4.57 Å². The van der Waals surface area contributed by atoms with Gasteiger partial charge in [0.15, 0.2) is 6.20 Å². The van der Waals surface area contributed by atoms with Crippen LogP contribution in [-0.4, -0.2) is 12.6 Å². The van der Waals surface area contributed by atoms with Crippen molar-refractivity contribution in [1.29, 1.82) is 0 Å². The van der Waals surface area contributed by atoms with Gasteiger partial charge in [0.05, 0.1) is 30.1 Å². The van der Waals surface area contributed by atoms with Crippen LogP contribution in [0.15, 0.2) is 103 Å². The molecule has 3 heteroatoms. The molecule has 0 bridgehead atoms. The molecule has 0 aliphatic rings. The molecule has 0 N–H and O–H groups in total. The van der Waals surface area contributed by atoms with Crippen LogP contribution in [0.1, 0.15) is 31.9 Å². The molecule has 7 rings (SSSR count). The lowest BCUT2D eigenvalue weighted by Crippen LogP contribution is -2.37. The Bertz CT molecular complexity index is 2220. The van der Waals surface area contributed by atoms with E-state index in [0.29, 0.717) is 0 Å². The lowest BCUT2D eigenvalue weighted by Gasteiger charge is -2.24. The van der Waals surface area contributed by atoms with Gasteiger partial charge in [-0.2, -0.15) is 0 Å². The van der Waals surface area contributed by atoms with E-state index in [4.69, 9.17) is 0 Å². The van der Waals surface area contributed by atoms with E-state index < -0.39 is 8.07 Å². The Morgan fingerprint density at radius 3 is 2.02 bits per heavy atom. The minimum atomic E-state index is -1.48. The Labute approximate surface area is 256 Å². The molecule has 0 unspecified atom stereocenters. The lowest BCUT2D eigenvalue weighted by atomic mass is 9.80.